The van der Waals surface area contributed by atoms with Gasteiger partial charge in [-0.25, -0.2) is 17.9 Å². The number of hydrogen-bond donors (Lipinski definition) is 3. The van der Waals surface area contributed by atoms with Gasteiger partial charge in [-0.15, -0.1) is 0 Å². The predicted octanol–water partition coefficient (Wildman–Crippen LogP) is 4.89. The van der Waals surface area contributed by atoms with Crippen LogP contribution in [0.2, 0.25) is 5.02 Å². The highest BCUT2D eigenvalue weighted by Crippen LogP contribution is 2.45. The Kier molecular flexibility index (Phi) is 9.49. The van der Waals surface area contributed by atoms with Gasteiger partial charge in [-0.05, 0) is 67.0 Å². The third-order valence-electron chi connectivity index (χ3n) is 7.55. The molecule has 0 radical (unpaired) electrons. The predicted molar refractivity (Wildman–Crippen MR) is 162 cm³/mol. The molecule has 4 atom stereocenters. The van der Waals surface area contributed by atoms with Crippen LogP contribution in [0.4, 0.5) is 4.79 Å². The van der Waals surface area contributed by atoms with E-state index in [0.29, 0.717) is 34.5 Å². The van der Waals surface area contributed by atoms with E-state index >= 15 is 0 Å². The number of nitrogens with one attached hydrogen (secondary N) is 2. The largest absolute Gasteiger partial charge is 0.493 e. The molecule has 9 nitrogen and oxygen atoms in total. The van der Waals surface area contributed by atoms with Crippen molar-refractivity contribution in [2.45, 2.75) is 38.0 Å². The second kappa shape index (κ2) is 13.1. The highest BCUT2D eigenvalue weighted by atomic mass is 35.5. The Balaban J connectivity index is 1.31. The molecule has 3 N–H and O–H groups in total. The van der Waals surface area contributed by atoms with E-state index in [9.17, 15) is 18.3 Å². The molecule has 12 heteroatoms. The summed E-state index contributed by atoms with van der Waals surface area (Å²) in [5.74, 6) is 1.06. The molecule has 0 aromatic heterocycles. The van der Waals surface area contributed by atoms with Crippen LogP contribution in [0.5, 0.6) is 11.5 Å². The number of sulfonamides is 1. The van der Waals surface area contributed by atoms with Crippen molar-refractivity contribution in [3.05, 3.63) is 93.6 Å². The number of halogens is 2. The molecular weight excluding hydrogens is 601 g/mol. The summed E-state index contributed by atoms with van der Waals surface area (Å²) in [5.41, 5.74) is 3.06. The first-order valence-electron chi connectivity index (χ1n) is 13.8. The average Bonchev–Trinajstić information content (AvgIpc) is 3.35. The van der Waals surface area contributed by atoms with Gasteiger partial charge in [0.05, 0.1) is 24.5 Å². The minimum Gasteiger partial charge on any atom is -0.493 e. The maximum absolute atomic E-state index is 13.5. The third-order valence-corrected chi connectivity index (χ3v) is 9.42. The number of allylic oxidation sites excluding steroid dienone is 2. The number of carbonyl (C=O) groups excluding carboxylic acids is 1. The van der Waals surface area contributed by atoms with Gasteiger partial charge in [-0.2, -0.15) is 0 Å². The molecule has 0 fully saturated rings. The van der Waals surface area contributed by atoms with E-state index in [0.717, 1.165) is 11.3 Å². The summed E-state index contributed by atoms with van der Waals surface area (Å²) in [5, 5.41) is 15.0. The molecule has 0 saturated carbocycles. The monoisotopic (exact) mass is 633 g/mol. The molecule has 0 saturated heterocycles. The van der Waals surface area contributed by atoms with Crippen LogP contribution in [0.3, 0.4) is 0 Å². The van der Waals surface area contributed by atoms with E-state index in [-0.39, 0.29) is 37.3 Å². The summed E-state index contributed by atoms with van der Waals surface area (Å²) in [6.07, 6.45) is 5.60. The molecule has 5 rings (SSSR count). The van der Waals surface area contributed by atoms with E-state index in [2.05, 4.69) is 22.2 Å². The molecular formula is C30H33Cl2N3O6S. The standard InChI is InChI=1S/C30H33Cl2N3O6S/c1-2-42(38,39)33-18-22(36)14-16-40-23-8-3-19(4-9-23)29-28-25(26-17-21(32)7-12-27(26)34-28)13-15-35(29)30(37)41-24-10-5-20(31)6-11-24/h3-12,17,22,26-27,29,33-34,36H,2,13-16,18H2,1H3/t22?,26?,27?,29-/m0/s1. The minimum absolute atomic E-state index is 0.0454. The summed E-state index contributed by atoms with van der Waals surface area (Å²) in [6.45, 7) is 2.14. The van der Waals surface area contributed by atoms with Crippen molar-refractivity contribution in [1.82, 2.24) is 14.9 Å². The molecule has 2 aliphatic heterocycles. The van der Waals surface area contributed by atoms with Crippen molar-refractivity contribution < 1.29 is 27.8 Å². The second-order valence-electron chi connectivity index (χ2n) is 10.3. The Morgan fingerprint density at radius 3 is 2.57 bits per heavy atom. The van der Waals surface area contributed by atoms with Crippen LogP contribution in [0.15, 0.2) is 83.1 Å². The van der Waals surface area contributed by atoms with Crippen molar-refractivity contribution in [3.8, 4) is 11.5 Å². The number of fused-ring (bicyclic) bond motifs is 2. The highest BCUT2D eigenvalue weighted by molar-refractivity contribution is 7.89. The van der Waals surface area contributed by atoms with E-state index in [1.54, 1.807) is 29.2 Å². The summed E-state index contributed by atoms with van der Waals surface area (Å²) >= 11 is 12.3. The van der Waals surface area contributed by atoms with Gasteiger partial charge in [0.25, 0.3) is 0 Å². The van der Waals surface area contributed by atoms with Gasteiger partial charge >= 0.3 is 6.09 Å². The topological polar surface area (TPSA) is 117 Å². The number of rotatable bonds is 10. The van der Waals surface area contributed by atoms with Gasteiger partial charge in [0, 0.05) is 41.2 Å². The molecule has 2 aromatic rings. The zero-order chi connectivity index (χ0) is 29.9. The fourth-order valence-corrected chi connectivity index (χ4v) is 6.31. The van der Waals surface area contributed by atoms with Gasteiger partial charge in [0.15, 0.2) is 0 Å². The number of hydrogen-bond acceptors (Lipinski definition) is 7. The molecule has 1 aliphatic carbocycles. The van der Waals surface area contributed by atoms with Crippen molar-refractivity contribution in [1.29, 1.82) is 0 Å². The lowest BCUT2D eigenvalue weighted by atomic mass is 9.85. The highest BCUT2D eigenvalue weighted by Gasteiger charge is 2.43. The lowest BCUT2D eigenvalue weighted by molar-refractivity contribution is 0.134. The van der Waals surface area contributed by atoms with Crippen LogP contribution in [-0.2, 0) is 10.0 Å². The maximum atomic E-state index is 13.5. The van der Waals surface area contributed by atoms with Crippen molar-refractivity contribution in [2.24, 2.45) is 5.92 Å². The first-order chi connectivity index (χ1) is 20.1. The van der Waals surface area contributed by atoms with Crippen molar-refractivity contribution in [3.63, 3.8) is 0 Å². The fraction of sp³-hybridized carbons (Fsp3) is 0.367. The number of aliphatic hydroxyl groups is 1. The van der Waals surface area contributed by atoms with Crippen LogP contribution in [0.1, 0.15) is 31.4 Å². The number of amides is 1. The van der Waals surface area contributed by atoms with E-state index in [4.69, 9.17) is 32.7 Å². The second-order valence-corrected chi connectivity index (χ2v) is 13.3. The Morgan fingerprint density at radius 2 is 1.86 bits per heavy atom. The average molecular weight is 635 g/mol. The Hall–Kier alpha value is -3.02. The first kappa shape index (κ1) is 30.4. The Labute approximate surface area is 255 Å². The summed E-state index contributed by atoms with van der Waals surface area (Å²) in [7, 11) is -3.37. The Bertz CT molecular complexity index is 1490. The number of aliphatic hydroxyl groups excluding tert-OH is 1. The van der Waals surface area contributed by atoms with Gasteiger partial charge in [-0.1, -0.05) is 47.5 Å². The maximum Gasteiger partial charge on any atom is 0.416 e. The minimum atomic E-state index is -3.37. The number of benzene rings is 2. The molecule has 3 aliphatic rings. The van der Waals surface area contributed by atoms with Crippen LogP contribution < -0.4 is 19.5 Å². The number of ether oxygens (including phenoxy) is 2. The zero-order valence-corrected chi connectivity index (χ0v) is 25.3. The van der Waals surface area contributed by atoms with Gasteiger partial charge in [0.1, 0.15) is 17.5 Å². The molecule has 2 heterocycles. The van der Waals surface area contributed by atoms with E-state index in [1.165, 1.54) is 12.5 Å². The number of nitrogens with zero attached hydrogens (tertiary/aromatic N) is 1. The summed E-state index contributed by atoms with van der Waals surface area (Å²) < 4.78 is 37.1. The lowest BCUT2D eigenvalue weighted by Gasteiger charge is -2.37. The van der Waals surface area contributed by atoms with Crippen LogP contribution >= 0.6 is 23.2 Å². The molecule has 0 spiro atoms. The fourth-order valence-electron chi connectivity index (χ4n) is 5.33. The lowest BCUT2D eigenvalue weighted by Crippen LogP contribution is -2.43. The van der Waals surface area contributed by atoms with Crippen LogP contribution in [0.25, 0.3) is 0 Å². The molecule has 1 amide bonds. The normalized spacial score (nSPS) is 22.1. The quantitative estimate of drug-likeness (QED) is 0.341. The molecule has 224 valence electrons. The zero-order valence-electron chi connectivity index (χ0n) is 23.0. The SMILES string of the molecule is CCS(=O)(=O)NCC(O)CCOc1ccc([C@H]2C3=C(CCN2C(=O)Oc2ccc(Cl)cc2)C2C=C(Cl)C=CC2N3)cc1. The third kappa shape index (κ3) is 7.12. The van der Waals surface area contributed by atoms with Gasteiger partial charge in [0.2, 0.25) is 10.0 Å². The molecule has 3 unspecified atom stereocenters. The van der Waals surface area contributed by atoms with Gasteiger partial charge in [-0.3, -0.25) is 4.90 Å². The Morgan fingerprint density at radius 1 is 1.14 bits per heavy atom. The summed E-state index contributed by atoms with van der Waals surface area (Å²) in [4.78, 5) is 15.2. The van der Waals surface area contributed by atoms with E-state index < -0.39 is 28.3 Å². The first-order valence-corrected chi connectivity index (χ1v) is 16.2. The van der Waals surface area contributed by atoms with E-state index in [1.807, 2.05) is 30.3 Å². The van der Waals surface area contributed by atoms with Crippen molar-refractivity contribution in [2.75, 3.05) is 25.4 Å². The molecule has 42 heavy (non-hydrogen) atoms. The smallest absolute Gasteiger partial charge is 0.416 e. The number of carbonyl (C=O) groups is 1. The van der Waals surface area contributed by atoms with Crippen LogP contribution in [-0.4, -0.2) is 62.1 Å². The molecule has 2 aromatic carbocycles. The van der Waals surface area contributed by atoms with Crippen molar-refractivity contribution >= 4 is 39.3 Å². The van der Waals surface area contributed by atoms with Crippen LogP contribution in [0, 0.1) is 5.92 Å². The summed E-state index contributed by atoms with van der Waals surface area (Å²) in [6, 6.07) is 13.8. The molecule has 0 bridgehead atoms. The van der Waals surface area contributed by atoms with Gasteiger partial charge < -0.3 is 19.9 Å².